The minimum Gasteiger partial charge on any atom is -0.351 e. The monoisotopic (exact) mass is 420 g/mol. The third-order valence-electron chi connectivity index (χ3n) is 3.55. The summed E-state index contributed by atoms with van der Waals surface area (Å²) in [4.78, 5) is 11.5. The van der Waals surface area contributed by atoms with Gasteiger partial charge in [0.05, 0.1) is 16.5 Å². The van der Waals surface area contributed by atoms with E-state index in [1.165, 1.54) is 6.92 Å². The van der Waals surface area contributed by atoms with Gasteiger partial charge in [-0.2, -0.15) is 17.9 Å². The van der Waals surface area contributed by atoms with Crippen LogP contribution in [0.2, 0.25) is 5.02 Å². The summed E-state index contributed by atoms with van der Waals surface area (Å²) >= 11 is 5.84. The molecule has 1 amide bonds. The van der Waals surface area contributed by atoms with Crippen molar-refractivity contribution in [2.45, 2.75) is 30.6 Å². The normalized spacial score (nSPS) is 13.2. The number of carbonyl (C=O) groups excluding carboxylic acids is 1. The predicted octanol–water partition coefficient (Wildman–Crippen LogP) is 3.34. The maximum atomic E-state index is 12.7. The summed E-state index contributed by atoms with van der Waals surface area (Å²) in [5, 5.41) is 3.02. The molecule has 1 unspecified atom stereocenters. The zero-order valence-corrected chi connectivity index (χ0v) is 15.6. The largest absolute Gasteiger partial charge is 0.416 e. The van der Waals surface area contributed by atoms with Gasteiger partial charge in [0.15, 0.2) is 0 Å². The summed E-state index contributed by atoms with van der Waals surface area (Å²) in [5.41, 5.74) is -0.382. The Morgan fingerprint density at radius 2 is 1.81 bits per heavy atom. The molecular formula is C17H16ClF3N2O3S. The highest BCUT2D eigenvalue weighted by Crippen LogP contribution is 2.30. The van der Waals surface area contributed by atoms with E-state index in [-0.39, 0.29) is 6.54 Å². The Hall–Kier alpha value is -2.10. The molecule has 0 aliphatic rings. The molecule has 0 spiro atoms. The number of amides is 1. The van der Waals surface area contributed by atoms with E-state index < -0.39 is 38.6 Å². The van der Waals surface area contributed by atoms with Gasteiger partial charge in [-0.3, -0.25) is 4.79 Å². The molecule has 0 saturated heterocycles. The Labute approximate surface area is 159 Å². The van der Waals surface area contributed by atoms with Crippen LogP contribution in [-0.2, 0) is 27.5 Å². The molecule has 0 aliphatic carbocycles. The highest BCUT2D eigenvalue weighted by molar-refractivity contribution is 7.89. The standard InChI is InChI=1S/C17H16ClF3N2O3S/c1-11(16(24)22-10-12-4-2-6-14(18)8-12)23-27(25,26)15-7-3-5-13(9-15)17(19,20)21/h2-9,11,23H,10H2,1H3,(H,22,24). The molecule has 10 heteroatoms. The quantitative estimate of drug-likeness (QED) is 0.752. The van der Waals surface area contributed by atoms with Crippen LogP contribution < -0.4 is 10.0 Å². The summed E-state index contributed by atoms with van der Waals surface area (Å²) in [7, 11) is -4.31. The topological polar surface area (TPSA) is 75.3 Å². The molecule has 0 aliphatic heterocycles. The Kier molecular flexibility index (Phi) is 6.50. The lowest BCUT2D eigenvalue weighted by atomic mass is 10.2. The first-order valence-electron chi connectivity index (χ1n) is 7.71. The Morgan fingerprint density at radius 3 is 2.44 bits per heavy atom. The van der Waals surface area contributed by atoms with Gasteiger partial charge in [0.25, 0.3) is 0 Å². The second kappa shape index (κ2) is 8.28. The van der Waals surface area contributed by atoms with Gasteiger partial charge in [0, 0.05) is 11.6 Å². The average molecular weight is 421 g/mol. The molecule has 5 nitrogen and oxygen atoms in total. The lowest BCUT2D eigenvalue weighted by Crippen LogP contribution is -2.44. The number of alkyl halides is 3. The highest BCUT2D eigenvalue weighted by atomic mass is 35.5. The number of sulfonamides is 1. The van der Waals surface area contributed by atoms with Gasteiger partial charge >= 0.3 is 6.18 Å². The number of rotatable bonds is 6. The maximum Gasteiger partial charge on any atom is 0.416 e. The van der Waals surface area contributed by atoms with Gasteiger partial charge in [-0.15, -0.1) is 0 Å². The summed E-state index contributed by atoms with van der Waals surface area (Å²) in [6, 6.07) is 8.82. The van der Waals surface area contributed by atoms with Gasteiger partial charge in [-0.1, -0.05) is 29.8 Å². The van der Waals surface area contributed by atoms with E-state index in [4.69, 9.17) is 11.6 Å². The van der Waals surface area contributed by atoms with Crippen molar-refractivity contribution in [1.82, 2.24) is 10.0 Å². The number of carbonyl (C=O) groups is 1. The summed E-state index contributed by atoms with van der Waals surface area (Å²) in [5.74, 6) is -0.634. The second-order valence-corrected chi connectivity index (χ2v) is 7.87. The van der Waals surface area contributed by atoms with Crippen molar-refractivity contribution in [2.75, 3.05) is 0 Å². The molecular weight excluding hydrogens is 405 g/mol. The molecule has 2 N–H and O–H groups in total. The van der Waals surface area contributed by atoms with Crippen LogP contribution in [0.15, 0.2) is 53.4 Å². The van der Waals surface area contributed by atoms with Crippen LogP contribution in [0.3, 0.4) is 0 Å². The fourth-order valence-corrected chi connectivity index (χ4v) is 3.64. The van der Waals surface area contributed by atoms with E-state index in [1.807, 2.05) is 0 Å². The van der Waals surface area contributed by atoms with E-state index in [1.54, 1.807) is 24.3 Å². The van der Waals surface area contributed by atoms with Crippen LogP contribution in [0.4, 0.5) is 13.2 Å². The van der Waals surface area contributed by atoms with E-state index in [0.717, 1.165) is 18.2 Å². The van der Waals surface area contributed by atoms with Gasteiger partial charge in [0.2, 0.25) is 15.9 Å². The first kappa shape index (κ1) is 21.2. The zero-order valence-electron chi connectivity index (χ0n) is 14.0. The van der Waals surface area contributed by atoms with Crippen LogP contribution in [0.5, 0.6) is 0 Å². The van der Waals surface area contributed by atoms with Gasteiger partial charge in [0.1, 0.15) is 0 Å². The summed E-state index contributed by atoms with van der Waals surface area (Å²) < 4.78 is 64.8. The number of halogens is 4. The third-order valence-corrected chi connectivity index (χ3v) is 5.33. The second-order valence-electron chi connectivity index (χ2n) is 5.72. The molecule has 0 fully saturated rings. The molecule has 27 heavy (non-hydrogen) atoms. The molecule has 0 saturated carbocycles. The van der Waals surface area contributed by atoms with Crippen molar-refractivity contribution in [3.8, 4) is 0 Å². The Balaban J connectivity index is 2.05. The van der Waals surface area contributed by atoms with Crippen molar-refractivity contribution in [3.05, 3.63) is 64.7 Å². The molecule has 2 aromatic rings. The fraction of sp³-hybridized carbons (Fsp3) is 0.235. The smallest absolute Gasteiger partial charge is 0.351 e. The van der Waals surface area contributed by atoms with Crippen LogP contribution in [0.25, 0.3) is 0 Å². The first-order chi connectivity index (χ1) is 12.5. The van der Waals surface area contributed by atoms with E-state index in [2.05, 4.69) is 10.0 Å². The number of benzene rings is 2. The number of hydrogen-bond donors (Lipinski definition) is 2. The maximum absolute atomic E-state index is 12.7. The molecule has 146 valence electrons. The molecule has 1 atom stereocenters. The minimum absolute atomic E-state index is 0.120. The summed E-state index contributed by atoms with van der Waals surface area (Å²) in [6.07, 6.45) is -4.68. The van der Waals surface area contributed by atoms with Crippen LogP contribution >= 0.6 is 11.6 Å². The summed E-state index contributed by atoms with van der Waals surface area (Å²) in [6.45, 7) is 1.41. The SMILES string of the molecule is CC(NS(=O)(=O)c1cccc(C(F)(F)F)c1)C(=O)NCc1cccc(Cl)c1. The first-order valence-corrected chi connectivity index (χ1v) is 9.57. The molecule has 2 aromatic carbocycles. The zero-order chi connectivity index (χ0) is 20.2. The number of nitrogens with one attached hydrogen (secondary N) is 2. The highest BCUT2D eigenvalue weighted by Gasteiger charge is 2.32. The van der Waals surface area contributed by atoms with Crippen molar-refractivity contribution in [1.29, 1.82) is 0 Å². The Bertz CT molecular complexity index is 933. The lowest BCUT2D eigenvalue weighted by Gasteiger charge is -2.15. The van der Waals surface area contributed by atoms with Crippen molar-refractivity contribution in [3.63, 3.8) is 0 Å². The molecule has 0 bridgehead atoms. The van der Waals surface area contributed by atoms with E-state index >= 15 is 0 Å². The van der Waals surface area contributed by atoms with Gasteiger partial charge in [-0.05, 0) is 42.8 Å². The van der Waals surface area contributed by atoms with E-state index in [9.17, 15) is 26.4 Å². The molecule has 0 heterocycles. The molecule has 0 radical (unpaired) electrons. The van der Waals surface area contributed by atoms with Crippen molar-refractivity contribution < 1.29 is 26.4 Å². The lowest BCUT2D eigenvalue weighted by molar-refractivity contribution is -0.137. The number of hydrogen-bond acceptors (Lipinski definition) is 3. The van der Waals surface area contributed by atoms with Gasteiger partial charge in [-0.25, -0.2) is 8.42 Å². The molecule has 2 rings (SSSR count). The van der Waals surface area contributed by atoms with Crippen LogP contribution in [0, 0.1) is 0 Å². The van der Waals surface area contributed by atoms with Gasteiger partial charge < -0.3 is 5.32 Å². The Morgan fingerprint density at radius 1 is 1.15 bits per heavy atom. The predicted molar refractivity (Wildman–Crippen MR) is 94.5 cm³/mol. The van der Waals surface area contributed by atoms with Crippen molar-refractivity contribution >= 4 is 27.5 Å². The van der Waals surface area contributed by atoms with Crippen molar-refractivity contribution in [2.24, 2.45) is 0 Å². The van der Waals surface area contributed by atoms with Crippen LogP contribution in [0.1, 0.15) is 18.1 Å². The minimum atomic E-state index is -4.68. The average Bonchev–Trinajstić information content (AvgIpc) is 2.58. The third kappa shape index (κ3) is 5.95. The molecule has 0 aromatic heterocycles. The fourth-order valence-electron chi connectivity index (χ4n) is 2.18. The van der Waals surface area contributed by atoms with E-state index in [0.29, 0.717) is 16.7 Å². The van der Waals surface area contributed by atoms with Crippen LogP contribution in [-0.4, -0.2) is 20.4 Å².